The summed E-state index contributed by atoms with van der Waals surface area (Å²) in [7, 11) is -2.92. The Morgan fingerprint density at radius 3 is 1.60 bits per heavy atom. The van der Waals surface area contributed by atoms with Gasteiger partial charge in [0, 0.05) is 25.6 Å². The number of rotatable bonds is 4. The van der Waals surface area contributed by atoms with Gasteiger partial charge >= 0.3 is 0 Å². The van der Waals surface area contributed by atoms with E-state index in [0.29, 0.717) is 0 Å². The molecule has 0 aromatic heterocycles. The predicted octanol–water partition coefficient (Wildman–Crippen LogP) is 5.22. The fraction of sp³-hybridized carbons (Fsp3) is 0.182. The summed E-state index contributed by atoms with van der Waals surface area (Å²) in [6.45, 7) is 6.55. The van der Waals surface area contributed by atoms with Gasteiger partial charge in [0.1, 0.15) is 0 Å². The summed E-state index contributed by atoms with van der Waals surface area (Å²) in [5.41, 5.74) is 0. The van der Waals surface area contributed by atoms with Crippen molar-refractivity contribution in [1.29, 1.82) is 0 Å². The summed E-state index contributed by atoms with van der Waals surface area (Å²) in [6.07, 6.45) is 0. The van der Waals surface area contributed by atoms with Gasteiger partial charge in [-0.25, -0.2) is 0 Å². The molecule has 3 rings (SSSR count). The van der Waals surface area contributed by atoms with Gasteiger partial charge in [0.05, 0.1) is 0 Å². The standard InChI is InChI=1S/C22H23OPS/c1-22(2,3)25-21-17-11-10-16-20(21)24(23,18-12-6-4-7-13-18)19-14-8-5-9-15-19/h4-17H,1-3H3. The van der Waals surface area contributed by atoms with Crippen LogP contribution in [0.15, 0.2) is 89.8 Å². The van der Waals surface area contributed by atoms with Crippen LogP contribution in [0.4, 0.5) is 0 Å². The van der Waals surface area contributed by atoms with E-state index < -0.39 is 7.14 Å². The van der Waals surface area contributed by atoms with Crippen molar-refractivity contribution in [1.82, 2.24) is 0 Å². The van der Waals surface area contributed by atoms with Gasteiger partial charge in [-0.05, 0) is 12.1 Å². The molecule has 128 valence electrons. The number of hydrogen-bond donors (Lipinski definition) is 0. The lowest BCUT2D eigenvalue weighted by Crippen LogP contribution is -2.27. The van der Waals surface area contributed by atoms with Gasteiger partial charge < -0.3 is 4.57 Å². The molecule has 3 aromatic rings. The van der Waals surface area contributed by atoms with Crippen molar-refractivity contribution in [2.24, 2.45) is 0 Å². The van der Waals surface area contributed by atoms with Crippen molar-refractivity contribution in [3.63, 3.8) is 0 Å². The molecule has 0 unspecified atom stereocenters. The first-order valence-electron chi connectivity index (χ1n) is 8.41. The zero-order valence-electron chi connectivity index (χ0n) is 14.8. The maximum atomic E-state index is 14.5. The Balaban J connectivity index is 2.27. The van der Waals surface area contributed by atoms with Crippen molar-refractivity contribution < 1.29 is 4.57 Å². The van der Waals surface area contributed by atoms with Crippen molar-refractivity contribution in [3.8, 4) is 0 Å². The van der Waals surface area contributed by atoms with E-state index in [-0.39, 0.29) is 4.75 Å². The monoisotopic (exact) mass is 366 g/mol. The average molecular weight is 366 g/mol. The van der Waals surface area contributed by atoms with E-state index in [1.54, 1.807) is 11.8 Å². The first kappa shape index (κ1) is 18.0. The van der Waals surface area contributed by atoms with Crippen LogP contribution in [0, 0.1) is 0 Å². The average Bonchev–Trinajstić information content (AvgIpc) is 2.62. The Morgan fingerprint density at radius 1 is 0.680 bits per heavy atom. The Kier molecular flexibility index (Phi) is 5.22. The molecule has 0 heterocycles. The number of hydrogen-bond acceptors (Lipinski definition) is 2. The normalized spacial score (nSPS) is 12.1. The molecule has 0 radical (unpaired) electrons. The molecule has 0 amide bonds. The summed E-state index contributed by atoms with van der Waals surface area (Å²) in [5, 5.41) is 2.68. The summed E-state index contributed by atoms with van der Waals surface area (Å²) >= 11 is 1.77. The third-order valence-corrected chi connectivity index (χ3v) is 8.32. The number of thioether (sulfide) groups is 1. The van der Waals surface area contributed by atoms with E-state index in [1.807, 2.05) is 78.9 Å². The van der Waals surface area contributed by atoms with Crippen molar-refractivity contribution in [3.05, 3.63) is 84.9 Å². The first-order valence-corrected chi connectivity index (χ1v) is 10.9. The van der Waals surface area contributed by atoms with Gasteiger partial charge in [-0.3, -0.25) is 0 Å². The van der Waals surface area contributed by atoms with Crippen LogP contribution in [0.3, 0.4) is 0 Å². The molecule has 0 spiro atoms. The van der Waals surface area contributed by atoms with Gasteiger partial charge in [0.2, 0.25) is 0 Å². The van der Waals surface area contributed by atoms with Crippen LogP contribution in [0.5, 0.6) is 0 Å². The minimum absolute atomic E-state index is 0.0499. The van der Waals surface area contributed by atoms with Crippen molar-refractivity contribution in [2.45, 2.75) is 30.4 Å². The molecular formula is C22H23OPS. The molecule has 0 N–H and O–H groups in total. The Labute approximate surface area is 154 Å². The van der Waals surface area contributed by atoms with Crippen molar-refractivity contribution >= 4 is 34.8 Å². The smallest absolute Gasteiger partial charge is 0.172 e. The summed E-state index contributed by atoms with van der Waals surface area (Å²) < 4.78 is 14.6. The predicted molar refractivity (Wildman–Crippen MR) is 111 cm³/mol. The van der Waals surface area contributed by atoms with Gasteiger partial charge in [-0.1, -0.05) is 93.6 Å². The lowest BCUT2D eigenvalue weighted by Gasteiger charge is -2.25. The van der Waals surface area contributed by atoms with Gasteiger partial charge in [-0.15, -0.1) is 11.8 Å². The second-order valence-corrected chi connectivity index (χ2v) is 11.6. The van der Waals surface area contributed by atoms with E-state index in [9.17, 15) is 4.57 Å². The molecule has 3 heteroatoms. The maximum absolute atomic E-state index is 14.5. The Bertz CT molecular complexity index is 839. The summed E-state index contributed by atoms with van der Waals surface area (Å²) in [6, 6.07) is 27.8. The minimum Gasteiger partial charge on any atom is -0.309 e. The van der Waals surface area contributed by atoms with Gasteiger partial charge in [0.15, 0.2) is 7.14 Å². The molecule has 0 saturated carbocycles. The van der Waals surface area contributed by atoms with E-state index in [1.165, 1.54) is 0 Å². The minimum atomic E-state index is -2.92. The molecule has 0 aliphatic rings. The van der Waals surface area contributed by atoms with Crippen LogP contribution in [-0.2, 0) is 4.57 Å². The third-order valence-electron chi connectivity index (χ3n) is 3.86. The topological polar surface area (TPSA) is 17.1 Å². The lowest BCUT2D eigenvalue weighted by molar-refractivity contribution is 0.592. The second-order valence-electron chi connectivity index (χ2n) is 6.96. The Morgan fingerprint density at radius 2 is 1.12 bits per heavy atom. The molecule has 0 aliphatic carbocycles. The van der Waals surface area contributed by atoms with Crippen LogP contribution in [-0.4, -0.2) is 4.75 Å². The number of benzene rings is 3. The zero-order chi connectivity index (χ0) is 17.9. The molecule has 3 aromatic carbocycles. The third kappa shape index (κ3) is 3.92. The van der Waals surface area contributed by atoms with Crippen LogP contribution in [0.2, 0.25) is 0 Å². The van der Waals surface area contributed by atoms with Crippen LogP contribution < -0.4 is 15.9 Å². The van der Waals surface area contributed by atoms with Crippen LogP contribution in [0.1, 0.15) is 20.8 Å². The molecule has 0 saturated heterocycles. The quantitative estimate of drug-likeness (QED) is 0.465. The summed E-state index contributed by atoms with van der Waals surface area (Å²) in [4.78, 5) is 1.09. The highest BCUT2D eigenvalue weighted by atomic mass is 32.2. The second kappa shape index (κ2) is 7.23. The molecule has 1 nitrogen and oxygen atoms in total. The fourth-order valence-corrected chi connectivity index (χ4v) is 7.06. The summed E-state index contributed by atoms with van der Waals surface area (Å²) in [5.74, 6) is 0. The first-order chi connectivity index (χ1) is 11.9. The van der Waals surface area contributed by atoms with E-state index in [4.69, 9.17) is 0 Å². The highest BCUT2D eigenvalue weighted by Crippen LogP contribution is 2.46. The lowest BCUT2D eigenvalue weighted by atomic mass is 10.3. The van der Waals surface area contributed by atoms with Crippen LogP contribution >= 0.6 is 18.9 Å². The van der Waals surface area contributed by atoms with E-state index in [2.05, 4.69) is 26.8 Å². The molecule has 0 fully saturated rings. The molecule has 0 bridgehead atoms. The van der Waals surface area contributed by atoms with Crippen LogP contribution in [0.25, 0.3) is 0 Å². The Hall–Kier alpha value is -1.76. The highest BCUT2D eigenvalue weighted by molar-refractivity contribution is 8.01. The molecule has 0 aliphatic heterocycles. The van der Waals surface area contributed by atoms with E-state index in [0.717, 1.165) is 20.8 Å². The van der Waals surface area contributed by atoms with Gasteiger partial charge in [-0.2, -0.15) is 0 Å². The maximum Gasteiger partial charge on any atom is 0.172 e. The molecule has 0 atom stereocenters. The largest absolute Gasteiger partial charge is 0.309 e. The SMILES string of the molecule is CC(C)(C)Sc1ccccc1P(=O)(c1ccccc1)c1ccccc1. The molecule has 25 heavy (non-hydrogen) atoms. The highest BCUT2D eigenvalue weighted by Gasteiger charge is 2.32. The fourth-order valence-electron chi connectivity index (χ4n) is 2.84. The van der Waals surface area contributed by atoms with Crippen molar-refractivity contribution in [2.75, 3.05) is 0 Å². The van der Waals surface area contributed by atoms with Gasteiger partial charge in [0.25, 0.3) is 0 Å². The molecular weight excluding hydrogens is 343 g/mol. The zero-order valence-corrected chi connectivity index (χ0v) is 16.6. The van der Waals surface area contributed by atoms with E-state index >= 15 is 0 Å².